The van der Waals surface area contributed by atoms with E-state index in [0.717, 1.165) is 12.1 Å². The van der Waals surface area contributed by atoms with E-state index in [4.69, 9.17) is 0 Å². The Morgan fingerprint density at radius 2 is 1.74 bits per heavy atom. The van der Waals surface area contributed by atoms with Gasteiger partial charge in [-0.3, -0.25) is 9.69 Å². The highest BCUT2D eigenvalue weighted by atomic mass is 32.1. The standard InChI is InChI=1S/C13H16F2N2OS/c1-9(19)16-5-7-17(8-6-16)13(18)12-10(14)3-2-4-11(12)15/h2-4,9,19H,5-8H2,1H3. The van der Waals surface area contributed by atoms with Crippen LogP contribution in [0.25, 0.3) is 0 Å². The number of piperazine rings is 1. The van der Waals surface area contributed by atoms with Gasteiger partial charge < -0.3 is 4.90 Å². The highest BCUT2D eigenvalue weighted by molar-refractivity contribution is 7.80. The van der Waals surface area contributed by atoms with E-state index in [9.17, 15) is 13.6 Å². The van der Waals surface area contributed by atoms with Gasteiger partial charge in [0.2, 0.25) is 0 Å². The molecule has 1 aliphatic heterocycles. The molecule has 1 aromatic rings. The second-order valence-electron chi connectivity index (χ2n) is 4.56. The molecule has 0 bridgehead atoms. The van der Waals surface area contributed by atoms with Crippen molar-refractivity contribution in [3.8, 4) is 0 Å². The number of carbonyl (C=O) groups excluding carboxylic acids is 1. The van der Waals surface area contributed by atoms with Crippen molar-refractivity contribution in [2.45, 2.75) is 12.3 Å². The minimum absolute atomic E-state index is 0.113. The van der Waals surface area contributed by atoms with Gasteiger partial charge in [0.25, 0.3) is 5.91 Å². The number of hydrogen-bond acceptors (Lipinski definition) is 3. The van der Waals surface area contributed by atoms with Gasteiger partial charge in [0.1, 0.15) is 17.2 Å². The molecule has 1 saturated heterocycles. The number of benzene rings is 1. The van der Waals surface area contributed by atoms with Crippen LogP contribution in [0.15, 0.2) is 18.2 Å². The van der Waals surface area contributed by atoms with E-state index in [0.29, 0.717) is 26.2 Å². The summed E-state index contributed by atoms with van der Waals surface area (Å²) in [4.78, 5) is 15.7. The maximum atomic E-state index is 13.6. The Balaban J connectivity index is 2.10. The van der Waals surface area contributed by atoms with Crippen molar-refractivity contribution in [2.75, 3.05) is 26.2 Å². The Morgan fingerprint density at radius 1 is 1.21 bits per heavy atom. The molecule has 6 heteroatoms. The lowest BCUT2D eigenvalue weighted by molar-refractivity contribution is 0.0621. The van der Waals surface area contributed by atoms with Crippen molar-refractivity contribution >= 4 is 18.5 Å². The third-order valence-corrected chi connectivity index (χ3v) is 3.63. The summed E-state index contributed by atoms with van der Waals surface area (Å²) in [6, 6.07) is 3.45. The molecule has 0 aliphatic carbocycles. The van der Waals surface area contributed by atoms with E-state index < -0.39 is 23.1 Å². The summed E-state index contributed by atoms with van der Waals surface area (Å²) in [5.41, 5.74) is -0.463. The van der Waals surface area contributed by atoms with Gasteiger partial charge in [-0.15, -0.1) is 0 Å². The summed E-state index contributed by atoms with van der Waals surface area (Å²) in [5, 5.41) is 0.113. The maximum absolute atomic E-state index is 13.6. The minimum Gasteiger partial charge on any atom is -0.336 e. The van der Waals surface area contributed by atoms with Gasteiger partial charge in [0.05, 0.1) is 5.37 Å². The summed E-state index contributed by atoms with van der Waals surface area (Å²) in [6.45, 7) is 4.19. The predicted molar refractivity (Wildman–Crippen MR) is 72.3 cm³/mol. The van der Waals surface area contributed by atoms with Gasteiger partial charge >= 0.3 is 0 Å². The zero-order valence-corrected chi connectivity index (χ0v) is 11.5. The zero-order chi connectivity index (χ0) is 14.0. The van der Waals surface area contributed by atoms with Crippen molar-refractivity contribution in [1.82, 2.24) is 9.80 Å². The molecule has 1 fully saturated rings. The van der Waals surface area contributed by atoms with Crippen LogP contribution in [0.2, 0.25) is 0 Å². The van der Waals surface area contributed by atoms with Gasteiger partial charge in [-0.25, -0.2) is 8.78 Å². The second-order valence-corrected chi connectivity index (χ2v) is 5.30. The predicted octanol–water partition coefficient (Wildman–Crippen LogP) is 2.00. The maximum Gasteiger partial charge on any atom is 0.259 e. The van der Waals surface area contributed by atoms with Gasteiger partial charge in [0, 0.05) is 26.2 Å². The number of carbonyl (C=O) groups is 1. The van der Waals surface area contributed by atoms with E-state index in [1.54, 1.807) is 0 Å². The van der Waals surface area contributed by atoms with Gasteiger partial charge in [-0.1, -0.05) is 6.07 Å². The average molecular weight is 286 g/mol. The molecule has 0 radical (unpaired) electrons. The fourth-order valence-corrected chi connectivity index (χ4v) is 2.39. The number of thiol groups is 1. The molecule has 1 aliphatic rings. The largest absolute Gasteiger partial charge is 0.336 e. The number of halogens is 2. The summed E-state index contributed by atoms with van der Waals surface area (Å²) < 4.78 is 27.1. The Kier molecular flexibility index (Phi) is 4.42. The van der Waals surface area contributed by atoms with E-state index >= 15 is 0 Å². The fourth-order valence-electron chi connectivity index (χ4n) is 2.16. The monoisotopic (exact) mass is 286 g/mol. The molecule has 104 valence electrons. The first-order valence-electron chi connectivity index (χ1n) is 6.16. The van der Waals surface area contributed by atoms with Crippen molar-refractivity contribution in [1.29, 1.82) is 0 Å². The molecule has 1 atom stereocenters. The number of rotatable bonds is 2. The van der Waals surface area contributed by atoms with Gasteiger partial charge in [-0.05, 0) is 19.1 Å². The smallest absolute Gasteiger partial charge is 0.259 e. The Bertz CT molecular complexity index is 453. The highest BCUT2D eigenvalue weighted by Crippen LogP contribution is 2.17. The number of nitrogens with zero attached hydrogens (tertiary/aromatic N) is 2. The Hall–Kier alpha value is -1.14. The molecule has 1 amide bonds. The van der Waals surface area contributed by atoms with Crippen molar-refractivity contribution < 1.29 is 13.6 Å². The summed E-state index contributed by atoms with van der Waals surface area (Å²) >= 11 is 4.33. The van der Waals surface area contributed by atoms with Gasteiger partial charge in [-0.2, -0.15) is 12.6 Å². The first-order chi connectivity index (χ1) is 9.00. The number of amides is 1. The zero-order valence-electron chi connectivity index (χ0n) is 10.6. The summed E-state index contributed by atoms with van der Waals surface area (Å²) in [7, 11) is 0. The van der Waals surface area contributed by atoms with Crippen LogP contribution in [0, 0.1) is 11.6 Å². The topological polar surface area (TPSA) is 23.6 Å². The second kappa shape index (κ2) is 5.88. The average Bonchev–Trinajstić information content (AvgIpc) is 2.38. The van der Waals surface area contributed by atoms with E-state index in [2.05, 4.69) is 17.5 Å². The molecule has 19 heavy (non-hydrogen) atoms. The first-order valence-corrected chi connectivity index (χ1v) is 6.67. The molecule has 1 unspecified atom stereocenters. The van der Waals surface area contributed by atoms with Gasteiger partial charge in [0.15, 0.2) is 0 Å². The van der Waals surface area contributed by atoms with Crippen LogP contribution in [0.1, 0.15) is 17.3 Å². The lowest BCUT2D eigenvalue weighted by Crippen LogP contribution is -2.50. The van der Waals surface area contributed by atoms with Crippen molar-refractivity contribution in [2.24, 2.45) is 0 Å². The fraction of sp³-hybridized carbons (Fsp3) is 0.462. The quantitative estimate of drug-likeness (QED) is 0.841. The molecular formula is C13H16F2N2OS. The lowest BCUT2D eigenvalue weighted by Gasteiger charge is -2.36. The molecule has 0 spiro atoms. The van der Waals surface area contributed by atoms with E-state index in [1.807, 2.05) is 6.92 Å². The van der Waals surface area contributed by atoms with Crippen LogP contribution >= 0.6 is 12.6 Å². The molecule has 0 N–H and O–H groups in total. The van der Waals surface area contributed by atoms with Crippen LogP contribution in [-0.4, -0.2) is 47.3 Å². The third-order valence-electron chi connectivity index (χ3n) is 3.31. The molecule has 2 rings (SSSR count). The highest BCUT2D eigenvalue weighted by Gasteiger charge is 2.27. The summed E-state index contributed by atoms with van der Waals surface area (Å²) in [6.07, 6.45) is 0. The van der Waals surface area contributed by atoms with Crippen LogP contribution in [0.5, 0.6) is 0 Å². The molecule has 0 aromatic heterocycles. The SMILES string of the molecule is CC(S)N1CCN(C(=O)c2c(F)cccc2F)CC1. The molecule has 0 saturated carbocycles. The van der Waals surface area contributed by atoms with Crippen LogP contribution in [-0.2, 0) is 0 Å². The van der Waals surface area contributed by atoms with Crippen LogP contribution in [0.4, 0.5) is 8.78 Å². The van der Waals surface area contributed by atoms with Crippen molar-refractivity contribution in [3.63, 3.8) is 0 Å². The molecule has 1 aromatic carbocycles. The Morgan fingerprint density at radius 3 is 2.21 bits per heavy atom. The molecular weight excluding hydrogens is 270 g/mol. The van der Waals surface area contributed by atoms with E-state index in [1.165, 1.54) is 11.0 Å². The summed E-state index contributed by atoms with van der Waals surface area (Å²) in [5.74, 6) is -2.20. The lowest BCUT2D eigenvalue weighted by atomic mass is 10.1. The first kappa shape index (κ1) is 14.3. The Labute approximate surface area is 116 Å². The van der Waals surface area contributed by atoms with Crippen LogP contribution < -0.4 is 0 Å². The third kappa shape index (κ3) is 3.06. The van der Waals surface area contributed by atoms with Crippen molar-refractivity contribution in [3.05, 3.63) is 35.4 Å². The van der Waals surface area contributed by atoms with E-state index in [-0.39, 0.29) is 5.37 Å². The minimum atomic E-state index is -0.810. The van der Waals surface area contributed by atoms with Crippen LogP contribution in [0.3, 0.4) is 0 Å². The number of hydrogen-bond donors (Lipinski definition) is 1. The normalized spacial score (nSPS) is 18.4. The molecule has 3 nitrogen and oxygen atoms in total. The molecule has 1 heterocycles.